The summed E-state index contributed by atoms with van der Waals surface area (Å²) in [5.41, 5.74) is 3.25. The number of hydrogen-bond acceptors (Lipinski definition) is 3. The van der Waals surface area contributed by atoms with Crippen LogP contribution in [0, 0.1) is 0 Å². The Morgan fingerprint density at radius 2 is 1.88 bits per heavy atom. The molecule has 0 atom stereocenters. The maximum absolute atomic E-state index is 12.1. The Balaban J connectivity index is 1.41. The van der Waals surface area contributed by atoms with E-state index in [9.17, 15) is 4.79 Å². The molecule has 1 amide bonds. The molecule has 5 heteroatoms. The SMILES string of the molecule is O=C(Cc1csc(Cc2cccc(Cl)c2)n1)NCCCc1ccccc1. The van der Waals surface area contributed by atoms with Crippen molar-refractivity contribution >= 4 is 28.8 Å². The van der Waals surface area contributed by atoms with Crippen LogP contribution in [-0.2, 0) is 24.1 Å². The number of thiazole rings is 1. The molecule has 0 saturated heterocycles. The highest BCUT2D eigenvalue weighted by molar-refractivity contribution is 7.09. The molecule has 1 aromatic heterocycles. The second-order valence-electron chi connectivity index (χ2n) is 6.16. The zero-order valence-electron chi connectivity index (χ0n) is 14.5. The maximum Gasteiger partial charge on any atom is 0.226 e. The van der Waals surface area contributed by atoms with Crippen LogP contribution >= 0.6 is 22.9 Å². The number of aryl methyl sites for hydroxylation is 1. The largest absolute Gasteiger partial charge is 0.356 e. The highest BCUT2D eigenvalue weighted by Crippen LogP contribution is 2.18. The molecule has 26 heavy (non-hydrogen) atoms. The van der Waals surface area contributed by atoms with Crippen LogP contribution in [0.3, 0.4) is 0 Å². The molecule has 0 radical (unpaired) electrons. The molecule has 1 heterocycles. The average Bonchev–Trinajstić information content (AvgIpc) is 3.06. The van der Waals surface area contributed by atoms with E-state index in [-0.39, 0.29) is 5.91 Å². The van der Waals surface area contributed by atoms with Crippen LogP contribution in [0.25, 0.3) is 0 Å². The molecule has 0 unspecified atom stereocenters. The lowest BCUT2D eigenvalue weighted by molar-refractivity contribution is -0.120. The highest BCUT2D eigenvalue weighted by Gasteiger charge is 2.08. The summed E-state index contributed by atoms with van der Waals surface area (Å²) >= 11 is 7.60. The molecule has 0 spiro atoms. The van der Waals surface area contributed by atoms with Gasteiger partial charge in [-0.25, -0.2) is 4.98 Å². The Kier molecular flexibility index (Phi) is 6.81. The van der Waals surface area contributed by atoms with Crippen molar-refractivity contribution in [2.45, 2.75) is 25.7 Å². The molecular weight excluding hydrogens is 364 g/mol. The van der Waals surface area contributed by atoms with E-state index >= 15 is 0 Å². The molecule has 3 nitrogen and oxygen atoms in total. The van der Waals surface area contributed by atoms with E-state index in [2.05, 4.69) is 22.4 Å². The summed E-state index contributed by atoms with van der Waals surface area (Å²) in [4.78, 5) is 16.6. The van der Waals surface area contributed by atoms with Crippen LogP contribution in [0.5, 0.6) is 0 Å². The van der Waals surface area contributed by atoms with Gasteiger partial charge < -0.3 is 5.32 Å². The Bertz CT molecular complexity index is 848. The van der Waals surface area contributed by atoms with Crippen LogP contribution in [0.15, 0.2) is 60.0 Å². The van der Waals surface area contributed by atoms with Crippen molar-refractivity contribution < 1.29 is 4.79 Å². The second-order valence-corrected chi connectivity index (χ2v) is 7.53. The fraction of sp³-hybridized carbons (Fsp3) is 0.238. The summed E-state index contributed by atoms with van der Waals surface area (Å²) in [7, 11) is 0. The van der Waals surface area contributed by atoms with Crippen molar-refractivity contribution in [1.82, 2.24) is 10.3 Å². The first-order valence-electron chi connectivity index (χ1n) is 8.67. The van der Waals surface area contributed by atoms with Gasteiger partial charge >= 0.3 is 0 Å². The van der Waals surface area contributed by atoms with E-state index in [4.69, 9.17) is 11.6 Å². The van der Waals surface area contributed by atoms with Crippen LogP contribution in [-0.4, -0.2) is 17.4 Å². The number of carbonyl (C=O) groups is 1. The quantitative estimate of drug-likeness (QED) is 0.573. The highest BCUT2D eigenvalue weighted by atomic mass is 35.5. The number of nitrogens with zero attached hydrogens (tertiary/aromatic N) is 1. The normalized spacial score (nSPS) is 10.7. The minimum atomic E-state index is 0.0256. The first-order chi connectivity index (χ1) is 12.7. The summed E-state index contributed by atoms with van der Waals surface area (Å²) in [5.74, 6) is 0.0256. The fourth-order valence-corrected chi connectivity index (χ4v) is 3.77. The van der Waals surface area contributed by atoms with E-state index in [0.29, 0.717) is 13.0 Å². The van der Waals surface area contributed by atoms with Gasteiger partial charge in [0.05, 0.1) is 17.1 Å². The molecule has 0 aliphatic rings. The zero-order valence-corrected chi connectivity index (χ0v) is 16.0. The lowest BCUT2D eigenvalue weighted by Crippen LogP contribution is -2.26. The van der Waals surface area contributed by atoms with E-state index in [1.54, 1.807) is 11.3 Å². The third-order valence-electron chi connectivity index (χ3n) is 3.99. The minimum absolute atomic E-state index is 0.0256. The Morgan fingerprint density at radius 1 is 1.08 bits per heavy atom. The molecule has 0 bridgehead atoms. The van der Waals surface area contributed by atoms with Crippen molar-refractivity contribution in [2.75, 3.05) is 6.54 Å². The fourth-order valence-electron chi connectivity index (χ4n) is 2.72. The van der Waals surface area contributed by atoms with Crippen molar-refractivity contribution in [1.29, 1.82) is 0 Å². The number of hydrogen-bond donors (Lipinski definition) is 1. The van der Waals surface area contributed by atoms with Gasteiger partial charge in [-0.05, 0) is 36.1 Å². The van der Waals surface area contributed by atoms with Crippen LogP contribution in [0.2, 0.25) is 5.02 Å². The second kappa shape index (κ2) is 9.51. The van der Waals surface area contributed by atoms with Gasteiger partial charge in [-0.2, -0.15) is 0 Å². The smallest absolute Gasteiger partial charge is 0.226 e. The number of rotatable bonds is 8. The van der Waals surface area contributed by atoms with Crippen LogP contribution < -0.4 is 5.32 Å². The van der Waals surface area contributed by atoms with Gasteiger partial charge in [0.2, 0.25) is 5.91 Å². The van der Waals surface area contributed by atoms with Gasteiger partial charge in [-0.3, -0.25) is 4.79 Å². The molecule has 134 valence electrons. The molecule has 0 saturated carbocycles. The Hall–Kier alpha value is -2.17. The predicted molar refractivity (Wildman–Crippen MR) is 108 cm³/mol. The van der Waals surface area contributed by atoms with Crippen molar-refractivity contribution in [3.05, 3.63) is 86.8 Å². The van der Waals surface area contributed by atoms with Crippen LogP contribution in [0.1, 0.15) is 28.2 Å². The first-order valence-corrected chi connectivity index (χ1v) is 9.93. The number of nitrogens with one attached hydrogen (secondary N) is 1. The number of carbonyl (C=O) groups excluding carboxylic acids is 1. The summed E-state index contributed by atoms with van der Waals surface area (Å²) in [6.07, 6.45) is 2.98. The molecule has 0 aliphatic carbocycles. The number of aromatic nitrogens is 1. The van der Waals surface area contributed by atoms with Gasteiger partial charge in [0.25, 0.3) is 0 Å². The van der Waals surface area contributed by atoms with Gasteiger partial charge in [-0.15, -0.1) is 11.3 Å². The lowest BCUT2D eigenvalue weighted by Gasteiger charge is -2.04. The average molecular weight is 385 g/mol. The molecular formula is C21H21ClN2OS. The minimum Gasteiger partial charge on any atom is -0.356 e. The number of amides is 1. The zero-order chi connectivity index (χ0) is 18.2. The topological polar surface area (TPSA) is 42.0 Å². The van der Waals surface area contributed by atoms with Gasteiger partial charge in [0, 0.05) is 23.4 Å². The molecule has 3 rings (SSSR count). The predicted octanol–water partition coefficient (Wildman–Crippen LogP) is 4.68. The van der Waals surface area contributed by atoms with E-state index in [1.165, 1.54) is 5.56 Å². The van der Waals surface area contributed by atoms with Gasteiger partial charge in [0.1, 0.15) is 0 Å². The number of benzene rings is 2. The maximum atomic E-state index is 12.1. The third-order valence-corrected chi connectivity index (χ3v) is 5.13. The molecule has 3 aromatic rings. The molecule has 0 aliphatic heterocycles. The van der Waals surface area contributed by atoms with E-state index in [0.717, 1.165) is 40.6 Å². The summed E-state index contributed by atoms with van der Waals surface area (Å²) in [6, 6.07) is 18.1. The Morgan fingerprint density at radius 3 is 2.69 bits per heavy atom. The van der Waals surface area contributed by atoms with Crippen molar-refractivity contribution in [3.8, 4) is 0 Å². The van der Waals surface area contributed by atoms with Crippen LogP contribution in [0.4, 0.5) is 0 Å². The monoisotopic (exact) mass is 384 g/mol. The Labute approximate surface area is 163 Å². The summed E-state index contributed by atoms with van der Waals surface area (Å²) in [5, 5.41) is 6.67. The molecule has 2 aromatic carbocycles. The van der Waals surface area contributed by atoms with Crippen molar-refractivity contribution in [2.24, 2.45) is 0 Å². The summed E-state index contributed by atoms with van der Waals surface area (Å²) in [6.45, 7) is 0.688. The van der Waals surface area contributed by atoms with E-state index in [1.807, 2.05) is 47.8 Å². The molecule has 1 N–H and O–H groups in total. The third kappa shape index (κ3) is 5.97. The number of halogens is 1. The standard InChI is InChI=1S/C21H21ClN2OS/c22-18-10-4-8-17(12-18)13-21-24-19(15-26-21)14-20(25)23-11-5-9-16-6-2-1-3-7-16/h1-4,6-8,10,12,15H,5,9,11,13-14H2,(H,23,25). The van der Waals surface area contributed by atoms with Crippen molar-refractivity contribution in [3.63, 3.8) is 0 Å². The van der Waals surface area contributed by atoms with Gasteiger partial charge in [-0.1, -0.05) is 54.1 Å². The van der Waals surface area contributed by atoms with E-state index < -0.39 is 0 Å². The lowest BCUT2D eigenvalue weighted by atomic mass is 10.1. The molecule has 0 fully saturated rings. The first kappa shape index (κ1) is 18.6. The summed E-state index contributed by atoms with van der Waals surface area (Å²) < 4.78 is 0. The van der Waals surface area contributed by atoms with Gasteiger partial charge in [0.15, 0.2) is 0 Å².